The van der Waals surface area contributed by atoms with Crippen molar-refractivity contribution in [2.45, 2.75) is 6.61 Å². The van der Waals surface area contributed by atoms with Gasteiger partial charge in [0.05, 0.1) is 7.11 Å². The summed E-state index contributed by atoms with van der Waals surface area (Å²) < 4.78 is 10.8. The molecule has 2 aromatic carbocycles. The Morgan fingerprint density at radius 1 is 1.06 bits per heavy atom. The molecule has 0 aliphatic carbocycles. The molecular formula is C14H13LiO2. The predicted molar refractivity (Wildman–Crippen MR) is 62.6 cm³/mol. The van der Waals surface area contributed by atoms with E-state index in [1.807, 2.05) is 48.5 Å². The van der Waals surface area contributed by atoms with Crippen LogP contribution in [0.4, 0.5) is 0 Å². The van der Waals surface area contributed by atoms with Crippen molar-refractivity contribution >= 4 is 0 Å². The molecule has 0 N–H and O–H groups in total. The molecule has 0 saturated heterocycles. The second kappa shape index (κ2) is 7.06. The first-order valence-corrected chi connectivity index (χ1v) is 5.11. The van der Waals surface area contributed by atoms with Crippen LogP contribution < -0.4 is 28.3 Å². The van der Waals surface area contributed by atoms with Gasteiger partial charge in [0.2, 0.25) is 0 Å². The van der Waals surface area contributed by atoms with Gasteiger partial charge in [-0.05, 0) is 5.56 Å². The van der Waals surface area contributed by atoms with Crippen molar-refractivity contribution in [1.82, 2.24) is 0 Å². The summed E-state index contributed by atoms with van der Waals surface area (Å²) in [4.78, 5) is 0. The third-order valence-electron chi connectivity index (χ3n) is 2.23. The summed E-state index contributed by atoms with van der Waals surface area (Å²) in [6.45, 7) is 0.526. The summed E-state index contributed by atoms with van der Waals surface area (Å²) >= 11 is 0. The molecule has 0 amide bonds. The number of methoxy groups -OCH3 is 1. The summed E-state index contributed by atoms with van der Waals surface area (Å²) in [5.74, 6) is 1.35. The largest absolute Gasteiger partial charge is 1.00 e. The number of rotatable bonds is 4. The summed E-state index contributed by atoms with van der Waals surface area (Å²) in [7, 11) is 1.62. The van der Waals surface area contributed by atoms with Crippen molar-refractivity contribution in [2.75, 3.05) is 7.11 Å². The van der Waals surface area contributed by atoms with Crippen molar-refractivity contribution < 1.29 is 28.3 Å². The minimum atomic E-state index is 0. The molecule has 0 saturated carbocycles. The van der Waals surface area contributed by atoms with Gasteiger partial charge in [-0.15, -0.1) is 12.1 Å². The average molecular weight is 220 g/mol. The summed E-state index contributed by atoms with van der Waals surface area (Å²) in [5.41, 5.74) is 1.13. The van der Waals surface area contributed by atoms with E-state index >= 15 is 0 Å². The third-order valence-corrected chi connectivity index (χ3v) is 2.23. The van der Waals surface area contributed by atoms with Gasteiger partial charge in [0, 0.05) is 11.5 Å². The molecule has 0 atom stereocenters. The van der Waals surface area contributed by atoms with E-state index in [2.05, 4.69) is 6.07 Å². The quantitative estimate of drug-likeness (QED) is 0.536. The maximum Gasteiger partial charge on any atom is 1.00 e. The predicted octanol–water partition coefficient (Wildman–Crippen LogP) is 0.0784. The molecule has 17 heavy (non-hydrogen) atoms. The van der Waals surface area contributed by atoms with Gasteiger partial charge in [0.25, 0.3) is 0 Å². The van der Waals surface area contributed by atoms with Crippen LogP contribution in [0.25, 0.3) is 0 Å². The summed E-state index contributed by atoms with van der Waals surface area (Å²) in [5, 5.41) is 0. The van der Waals surface area contributed by atoms with Crippen molar-refractivity contribution in [3.63, 3.8) is 0 Å². The van der Waals surface area contributed by atoms with Crippen LogP contribution in [0.1, 0.15) is 5.56 Å². The van der Waals surface area contributed by atoms with Crippen LogP contribution in [0, 0.1) is 6.07 Å². The Morgan fingerprint density at radius 3 is 2.53 bits per heavy atom. The molecular weight excluding hydrogens is 207 g/mol. The van der Waals surface area contributed by atoms with Crippen molar-refractivity contribution in [2.24, 2.45) is 0 Å². The van der Waals surface area contributed by atoms with Crippen LogP contribution in [-0.2, 0) is 6.61 Å². The number of hydrogen-bond donors (Lipinski definition) is 0. The number of para-hydroxylation sites is 1. The molecule has 0 bridgehead atoms. The van der Waals surface area contributed by atoms with E-state index in [0.29, 0.717) is 18.1 Å². The monoisotopic (exact) mass is 220 g/mol. The van der Waals surface area contributed by atoms with E-state index in [4.69, 9.17) is 9.47 Å². The molecule has 0 aromatic heterocycles. The fourth-order valence-electron chi connectivity index (χ4n) is 1.41. The normalized spacial score (nSPS) is 9.24. The molecule has 3 heteroatoms. The number of benzene rings is 2. The van der Waals surface area contributed by atoms with Gasteiger partial charge in [-0.2, -0.15) is 12.1 Å². The Morgan fingerprint density at radius 2 is 1.82 bits per heavy atom. The summed E-state index contributed by atoms with van der Waals surface area (Å²) in [6.07, 6.45) is 0. The third kappa shape index (κ3) is 3.85. The molecule has 0 heterocycles. The van der Waals surface area contributed by atoms with Gasteiger partial charge in [-0.25, -0.2) is 0 Å². The molecule has 0 spiro atoms. The van der Waals surface area contributed by atoms with Crippen molar-refractivity contribution in [1.29, 1.82) is 0 Å². The first kappa shape index (κ1) is 13.7. The van der Waals surface area contributed by atoms with Crippen LogP contribution in [0.2, 0.25) is 0 Å². The smallest absolute Gasteiger partial charge is 0.551 e. The van der Waals surface area contributed by atoms with E-state index in [0.717, 1.165) is 5.56 Å². The van der Waals surface area contributed by atoms with E-state index in [1.54, 1.807) is 7.11 Å². The fraction of sp³-hybridized carbons (Fsp3) is 0.143. The maximum absolute atomic E-state index is 5.63. The van der Waals surface area contributed by atoms with Gasteiger partial charge in [0.1, 0.15) is 6.61 Å². The van der Waals surface area contributed by atoms with Crippen LogP contribution in [0.15, 0.2) is 48.5 Å². The maximum atomic E-state index is 5.63. The van der Waals surface area contributed by atoms with E-state index < -0.39 is 0 Å². The van der Waals surface area contributed by atoms with Crippen LogP contribution >= 0.6 is 0 Å². The molecule has 0 unspecified atom stereocenters. The molecule has 2 rings (SSSR count). The molecule has 0 aliphatic heterocycles. The zero-order chi connectivity index (χ0) is 11.2. The van der Waals surface area contributed by atoms with Crippen LogP contribution in [-0.4, -0.2) is 7.11 Å². The number of hydrogen-bond acceptors (Lipinski definition) is 2. The van der Waals surface area contributed by atoms with Gasteiger partial charge in [0.15, 0.2) is 0 Å². The zero-order valence-corrected chi connectivity index (χ0v) is 10.1. The Labute approximate surface area is 114 Å². The fourth-order valence-corrected chi connectivity index (χ4v) is 1.41. The second-order valence-electron chi connectivity index (χ2n) is 3.34. The Balaban J connectivity index is 0.00000144. The van der Waals surface area contributed by atoms with E-state index in [9.17, 15) is 0 Å². The van der Waals surface area contributed by atoms with Gasteiger partial charge >= 0.3 is 18.9 Å². The topological polar surface area (TPSA) is 18.5 Å². The first-order valence-electron chi connectivity index (χ1n) is 5.11. The van der Waals surface area contributed by atoms with E-state index in [-0.39, 0.29) is 18.9 Å². The molecule has 2 aromatic rings. The van der Waals surface area contributed by atoms with Crippen LogP contribution in [0.5, 0.6) is 11.5 Å². The number of ether oxygens (including phenoxy) is 2. The van der Waals surface area contributed by atoms with Gasteiger partial charge in [-0.3, -0.25) is 0 Å². The molecule has 0 aliphatic rings. The van der Waals surface area contributed by atoms with E-state index in [1.165, 1.54) is 0 Å². The molecule has 0 radical (unpaired) electrons. The molecule has 82 valence electrons. The summed E-state index contributed by atoms with van der Waals surface area (Å²) in [6, 6.07) is 18.6. The molecule has 0 fully saturated rings. The standard InChI is InChI=1S/C14H13O2.Li/c1-15-13-9-5-6-10-14(13)16-11-12-7-3-2-4-8-12;/h2-9H,11H2,1H3;/q-1;+1. The average Bonchev–Trinajstić information content (AvgIpc) is 2.38. The minimum Gasteiger partial charge on any atom is -0.551 e. The first-order chi connectivity index (χ1) is 7.90. The Bertz CT molecular complexity index is 443. The second-order valence-corrected chi connectivity index (χ2v) is 3.34. The Hall–Kier alpha value is -1.36. The zero-order valence-electron chi connectivity index (χ0n) is 10.1. The van der Waals surface area contributed by atoms with Crippen molar-refractivity contribution in [3.05, 3.63) is 60.2 Å². The van der Waals surface area contributed by atoms with Gasteiger partial charge in [-0.1, -0.05) is 30.3 Å². The van der Waals surface area contributed by atoms with Gasteiger partial charge < -0.3 is 9.47 Å². The van der Waals surface area contributed by atoms with Crippen molar-refractivity contribution in [3.8, 4) is 11.5 Å². The SMILES string of the molecule is COc1ccc[c-]c1OCc1ccccc1.[Li+]. The minimum absolute atomic E-state index is 0. The van der Waals surface area contributed by atoms with Crippen LogP contribution in [0.3, 0.4) is 0 Å². The molecule has 2 nitrogen and oxygen atoms in total. The Kier molecular flexibility index (Phi) is 5.69.